The number of nitrogens with zero attached hydrogens (tertiary/aromatic N) is 3. The third-order valence-electron chi connectivity index (χ3n) is 3.35. The van der Waals surface area contributed by atoms with E-state index in [1.165, 1.54) is 23.1 Å². The van der Waals surface area contributed by atoms with Crippen LogP contribution in [0.4, 0.5) is 5.69 Å². The van der Waals surface area contributed by atoms with Crippen molar-refractivity contribution in [3.63, 3.8) is 0 Å². The fourth-order valence-electron chi connectivity index (χ4n) is 2.28. The largest absolute Gasteiger partial charge is 0.480 e. The summed E-state index contributed by atoms with van der Waals surface area (Å²) in [5.74, 6) is -1.30. The Kier molecular flexibility index (Phi) is 4.49. The first-order chi connectivity index (χ1) is 9.99. The maximum Gasteiger partial charge on any atom is 0.317 e. The zero-order valence-electron chi connectivity index (χ0n) is 11.3. The zero-order valence-corrected chi connectivity index (χ0v) is 11.3. The molecule has 1 aromatic carbocycles. The van der Waals surface area contributed by atoms with E-state index in [2.05, 4.69) is 0 Å². The quantitative estimate of drug-likeness (QED) is 0.638. The van der Waals surface area contributed by atoms with Crippen LogP contribution in [0.25, 0.3) is 0 Å². The molecule has 0 unspecified atom stereocenters. The standard InChI is InChI=1S/C13H15N3O5/c17-12(18)9-14-5-7-15(8-6-14)13(19)10-3-1-2-4-11(10)16(20)21/h1-4H,5-9H2,(H,17,18). The van der Waals surface area contributed by atoms with E-state index >= 15 is 0 Å². The molecular formula is C13H15N3O5. The predicted molar refractivity (Wildman–Crippen MR) is 73.1 cm³/mol. The summed E-state index contributed by atoms with van der Waals surface area (Å²) < 4.78 is 0. The summed E-state index contributed by atoms with van der Waals surface area (Å²) in [4.78, 5) is 36.6. The van der Waals surface area contributed by atoms with Crippen molar-refractivity contribution >= 4 is 17.6 Å². The van der Waals surface area contributed by atoms with Gasteiger partial charge in [-0.1, -0.05) is 12.1 Å². The van der Waals surface area contributed by atoms with Gasteiger partial charge >= 0.3 is 5.97 Å². The molecule has 0 saturated carbocycles. The molecule has 1 N–H and O–H groups in total. The molecular weight excluding hydrogens is 278 g/mol. The normalized spacial score (nSPS) is 15.7. The lowest BCUT2D eigenvalue weighted by atomic mass is 10.1. The number of amides is 1. The number of hydrogen-bond acceptors (Lipinski definition) is 5. The Morgan fingerprint density at radius 3 is 2.38 bits per heavy atom. The minimum atomic E-state index is -0.909. The van der Waals surface area contributed by atoms with Crippen molar-refractivity contribution < 1.29 is 19.6 Å². The first kappa shape index (κ1) is 14.9. The Hall–Kier alpha value is -2.48. The van der Waals surface area contributed by atoms with E-state index in [4.69, 9.17) is 5.11 Å². The Balaban J connectivity index is 2.06. The van der Waals surface area contributed by atoms with E-state index in [9.17, 15) is 19.7 Å². The molecule has 0 atom stereocenters. The molecule has 8 nitrogen and oxygen atoms in total. The van der Waals surface area contributed by atoms with E-state index in [1.54, 1.807) is 11.0 Å². The maximum atomic E-state index is 12.3. The van der Waals surface area contributed by atoms with Crippen LogP contribution in [0.1, 0.15) is 10.4 Å². The highest BCUT2D eigenvalue weighted by Crippen LogP contribution is 2.20. The van der Waals surface area contributed by atoms with Crippen molar-refractivity contribution in [2.75, 3.05) is 32.7 Å². The summed E-state index contributed by atoms with van der Waals surface area (Å²) in [6, 6.07) is 5.83. The molecule has 1 aromatic rings. The van der Waals surface area contributed by atoms with E-state index in [0.717, 1.165) is 0 Å². The Labute approximate surface area is 120 Å². The number of carboxylic acid groups (broad SMARTS) is 1. The minimum Gasteiger partial charge on any atom is -0.480 e. The summed E-state index contributed by atoms with van der Waals surface area (Å²) >= 11 is 0. The second-order valence-electron chi connectivity index (χ2n) is 4.74. The second kappa shape index (κ2) is 6.31. The van der Waals surface area contributed by atoms with Crippen LogP contribution in [0.15, 0.2) is 24.3 Å². The van der Waals surface area contributed by atoms with Gasteiger partial charge in [0.15, 0.2) is 0 Å². The lowest BCUT2D eigenvalue weighted by Gasteiger charge is -2.33. The zero-order chi connectivity index (χ0) is 15.4. The predicted octanol–water partition coefficient (Wildman–Crippen LogP) is 0.437. The molecule has 0 aromatic heterocycles. The monoisotopic (exact) mass is 293 g/mol. The van der Waals surface area contributed by atoms with Crippen LogP contribution in [-0.4, -0.2) is 64.4 Å². The molecule has 0 bridgehead atoms. The molecule has 0 radical (unpaired) electrons. The summed E-state index contributed by atoms with van der Waals surface area (Å²) in [5.41, 5.74) is -0.148. The molecule has 112 valence electrons. The van der Waals surface area contributed by atoms with Gasteiger partial charge in [-0.05, 0) is 6.07 Å². The second-order valence-corrected chi connectivity index (χ2v) is 4.74. The van der Waals surface area contributed by atoms with Crippen molar-refractivity contribution in [2.24, 2.45) is 0 Å². The number of benzene rings is 1. The number of carbonyl (C=O) groups excluding carboxylic acids is 1. The lowest BCUT2D eigenvalue weighted by molar-refractivity contribution is -0.385. The first-order valence-corrected chi connectivity index (χ1v) is 6.46. The molecule has 21 heavy (non-hydrogen) atoms. The summed E-state index contributed by atoms with van der Waals surface area (Å²) in [6.07, 6.45) is 0. The molecule has 2 rings (SSSR count). The molecule has 1 aliphatic rings. The van der Waals surface area contributed by atoms with Crippen LogP contribution in [0.5, 0.6) is 0 Å². The van der Waals surface area contributed by atoms with Gasteiger partial charge in [-0.15, -0.1) is 0 Å². The number of carbonyl (C=O) groups is 2. The topological polar surface area (TPSA) is 104 Å². The fraction of sp³-hybridized carbons (Fsp3) is 0.385. The minimum absolute atomic E-state index is 0.0620. The summed E-state index contributed by atoms with van der Waals surface area (Å²) in [7, 11) is 0. The van der Waals surface area contributed by atoms with Crippen molar-refractivity contribution in [1.29, 1.82) is 0 Å². The number of piperazine rings is 1. The number of nitro groups is 1. The molecule has 1 amide bonds. The van der Waals surface area contributed by atoms with Crippen LogP contribution in [0, 0.1) is 10.1 Å². The average Bonchev–Trinajstić information content (AvgIpc) is 2.46. The van der Waals surface area contributed by atoms with Crippen molar-refractivity contribution in [2.45, 2.75) is 0 Å². The molecule has 8 heteroatoms. The highest BCUT2D eigenvalue weighted by atomic mass is 16.6. The molecule has 0 aliphatic carbocycles. The van der Waals surface area contributed by atoms with Crippen molar-refractivity contribution in [3.05, 3.63) is 39.9 Å². The van der Waals surface area contributed by atoms with Gasteiger partial charge < -0.3 is 10.0 Å². The maximum absolute atomic E-state index is 12.3. The lowest BCUT2D eigenvalue weighted by Crippen LogP contribution is -2.50. The number of nitro benzene ring substituents is 1. The smallest absolute Gasteiger partial charge is 0.317 e. The van der Waals surface area contributed by atoms with Gasteiger partial charge in [0.25, 0.3) is 11.6 Å². The van der Waals surface area contributed by atoms with E-state index < -0.39 is 16.8 Å². The first-order valence-electron chi connectivity index (χ1n) is 6.46. The van der Waals surface area contributed by atoms with Crippen LogP contribution in [0.3, 0.4) is 0 Å². The van der Waals surface area contributed by atoms with Crippen LogP contribution < -0.4 is 0 Å². The molecule has 1 saturated heterocycles. The van der Waals surface area contributed by atoms with E-state index in [1.807, 2.05) is 0 Å². The third-order valence-corrected chi connectivity index (χ3v) is 3.35. The van der Waals surface area contributed by atoms with Gasteiger partial charge in [0.2, 0.25) is 0 Å². The van der Waals surface area contributed by atoms with Crippen LogP contribution in [-0.2, 0) is 4.79 Å². The Bertz CT molecular complexity index is 567. The summed E-state index contributed by atoms with van der Waals surface area (Å²) in [6.45, 7) is 1.54. The van der Waals surface area contributed by atoms with E-state index in [-0.39, 0.29) is 17.8 Å². The van der Waals surface area contributed by atoms with Crippen LogP contribution >= 0.6 is 0 Å². The van der Waals surface area contributed by atoms with Gasteiger partial charge in [-0.3, -0.25) is 24.6 Å². The van der Waals surface area contributed by atoms with Crippen molar-refractivity contribution in [3.8, 4) is 0 Å². The van der Waals surface area contributed by atoms with E-state index in [0.29, 0.717) is 26.2 Å². The molecule has 1 heterocycles. The Morgan fingerprint density at radius 1 is 1.19 bits per heavy atom. The number of carboxylic acids is 1. The number of para-hydroxylation sites is 1. The number of rotatable bonds is 4. The SMILES string of the molecule is O=C(O)CN1CCN(C(=O)c2ccccc2[N+](=O)[O-])CC1. The van der Waals surface area contributed by atoms with Gasteiger partial charge in [0.1, 0.15) is 5.56 Å². The van der Waals surface area contributed by atoms with Gasteiger partial charge in [0.05, 0.1) is 11.5 Å². The van der Waals surface area contributed by atoms with Gasteiger partial charge in [-0.2, -0.15) is 0 Å². The Morgan fingerprint density at radius 2 is 1.81 bits per heavy atom. The molecule has 1 aliphatic heterocycles. The summed E-state index contributed by atoms with van der Waals surface area (Å²) in [5, 5.41) is 19.7. The van der Waals surface area contributed by atoms with Crippen molar-refractivity contribution in [1.82, 2.24) is 9.80 Å². The molecule has 1 fully saturated rings. The van der Waals surface area contributed by atoms with Gasteiger partial charge in [-0.25, -0.2) is 0 Å². The average molecular weight is 293 g/mol. The van der Waals surface area contributed by atoms with Gasteiger partial charge in [0, 0.05) is 32.2 Å². The highest BCUT2D eigenvalue weighted by molar-refractivity contribution is 5.98. The fourth-order valence-corrected chi connectivity index (χ4v) is 2.28. The third kappa shape index (κ3) is 3.54. The van der Waals surface area contributed by atoms with Crippen LogP contribution in [0.2, 0.25) is 0 Å². The number of aliphatic carboxylic acids is 1. The highest BCUT2D eigenvalue weighted by Gasteiger charge is 2.27. The molecule has 0 spiro atoms. The number of hydrogen-bond donors (Lipinski definition) is 1.